The van der Waals surface area contributed by atoms with Crippen LogP contribution in [0.1, 0.15) is 11.1 Å². The van der Waals surface area contributed by atoms with Gasteiger partial charge >= 0.3 is 6.18 Å². The van der Waals surface area contributed by atoms with Gasteiger partial charge in [0, 0.05) is 6.08 Å². The van der Waals surface area contributed by atoms with E-state index in [1.807, 2.05) is 0 Å². The Morgan fingerprint density at radius 3 is 2.48 bits per heavy atom. The molecule has 1 heterocycles. The van der Waals surface area contributed by atoms with Gasteiger partial charge in [0.25, 0.3) is 0 Å². The van der Waals surface area contributed by atoms with Crippen LogP contribution in [-0.4, -0.2) is 20.7 Å². The highest BCUT2D eigenvalue weighted by Crippen LogP contribution is 2.33. The van der Waals surface area contributed by atoms with Gasteiger partial charge in [0.1, 0.15) is 18.5 Å². The number of aromatic nitrogens is 3. The predicted molar refractivity (Wildman–Crippen MR) is 90.4 cm³/mol. The zero-order chi connectivity index (χ0) is 19.4. The summed E-state index contributed by atoms with van der Waals surface area (Å²) in [6.07, 6.45) is 0.505. The smallest absolute Gasteiger partial charge is 0.321 e. The quantitative estimate of drug-likeness (QED) is 0.551. The highest BCUT2D eigenvalue weighted by atomic mass is 19.4. The lowest BCUT2D eigenvalue weighted by atomic mass is 10.1. The number of anilines is 1. The summed E-state index contributed by atoms with van der Waals surface area (Å²) in [6.45, 7) is 0. The van der Waals surface area contributed by atoms with Crippen molar-refractivity contribution >= 4 is 17.7 Å². The lowest BCUT2D eigenvalue weighted by Gasteiger charge is -2.13. The summed E-state index contributed by atoms with van der Waals surface area (Å²) in [5.41, 5.74) is -0.204. The standard InChI is InChI=1S/C18H12F4N4O/c19-14-5-1-12(2-6-14)3-8-17(27)25-15-9-13(18(20,21)22)4-7-16(15)26-11-23-10-24-26/h1-11H,(H,25,27)/b8-3+. The van der Waals surface area contributed by atoms with Crippen LogP contribution in [0, 0.1) is 5.82 Å². The number of benzene rings is 2. The molecule has 0 aliphatic carbocycles. The number of rotatable bonds is 4. The van der Waals surface area contributed by atoms with Gasteiger partial charge in [0.15, 0.2) is 0 Å². The van der Waals surface area contributed by atoms with Crippen molar-refractivity contribution in [3.8, 4) is 5.69 Å². The van der Waals surface area contributed by atoms with E-state index in [0.717, 1.165) is 18.2 Å². The average Bonchev–Trinajstić information content (AvgIpc) is 3.15. The Balaban J connectivity index is 1.87. The van der Waals surface area contributed by atoms with Crippen LogP contribution in [0.15, 0.2) is 61.2 Å². The van der Waals surface area contributed by atoms with E-state index in [9.17, 15) is 22.4 Å². The average molecular weight is 376 g/mol. The number of amides is 1. The Morgan fingerprint density at radius 1 is 1.11 bits per heavy atom. The minimum atomic E-state index is -4.57. The van der Waals surface area contributed by atoms with Gasteiger partial charge in [0.05, 0.1) is 16.9 Å². The third-order valence-electron chi connectivity index (χ3n) is 3.54. The molecule has 27 heavy (non-hydrogen) atoms. The van der Waals surface area contributed by atoms with Crippen molar-refractivity contribution < 1.29 is 22.4 Å². The first kappa shape index (κ1) is 18.3. The predicted octanol–water partition coefficient (Wildman–Crippen LogP) is 4.08. The Morgan fingerprint density at radius 2 is 1.85 bits per heavy atom. The fourth-order valence-corrected chi connectivity index (χ4v) is 2.27. The molecule has 0 atom stereocenters. The van der Waals surface area contributed by atoms with Gasteiger partial charge in [-0.2, -0.15) is 18.3 Å². The molecule has 3 aromatic rings. The normalized spacial score (nSPS) is 11.7. The number of halogens is 4. The third kappa shape index (κ3) is 4.57. The zero-order valence-corrected chi connectivity index (χ0v) is 13.6. The van der Waals surface area contributed by atoms with Crippen molar-refractivity contribution in [3.63, 3.8) is 0 Å². The number of nitrogens with one attached hydrogen (secondary N) is 1. The molecule has 0 aliphatic rings. The van der Waals surface area contributed by atoms with Crippen LogP contribution >= 0.6 is 0 Å². The molecular formula is C18H12F4N4O. The molecule has 1 N–H and O–H groups in total. The van der Waals surface area contributed by atoms with E-state index < -0.39 is 23.5 Å². The molecule has 3 rings (SSSR count). The highest BCUT2D eigenvalue weighted by Gasteiger charge is 2.31. The summed E-state index contributed by atoms with van der Waals surface area (Å²) in [6, 6.07) is 8.29. The molecule has 0 saturated heterocycles. The number of carbonyl (C=O) groups is 1. The summed E-state index contributed by atoms with van der Waals surface area (Å²) >= 11 is 0. The van der Waals surface area contributed by atoms with E-state index in [4.69, 9.17) is 0 Å². The Kier molecular flexibility index (Phi) is 5.02. The fourth-order valence-electron chi connectivity index (χ4n) is 2.27. The molecule has 0 fully saturated rings. The van der Waals surface area contributed by atoms with E-state index in [-0.39, 0.29) is 11.4 Å². The second kappa shape index (κ2) is 7.40. The zero-order valence-electron chi connectivity index (χ0n) is 13.6. The van der Waals surface area contributed by atoms with Crippen LogP contribution in [0.3, 0.4) is 0 Å². The molecule has 138 valence electrons. The van der Waals surface area contributed by atoms with Gasteiger partial charge in [-0.05, 0) is 42.0 Å². The van der Waals surface area contributed by atoms with Gasteiger partial charge in [0.2, 0.25) is 5.91 Å². The van der Waals surface area contributed by atoms with Crippen LogP contribution in [0.25, 0.3) is 11.8 Å². The second-order valence-electron chi connectivity index (χ2n) is 5.44. The van der Waals surface area contributed by atoms with Crippen LogP contribution in [0.4, 0.5) is 23.2 Å². The molecule has 0 bridgehead atoms. The van der Waals surface area contributed by atoms with Crippen molar-refractivity contribution in [1.82, 2.24) is 14.8 Å². The molecule has 0 aliphatic heterocycles. The molecule has 9 heteroatoms. The van der Waals surface area contributed by atoms with Crippen molar-refractivity contribution in [2.75, 3.05) is 5.32 Å². The van der Waals surface area contributed by atoms with E-state index >= 15 is 0 Å². The van der Waals surface area contributed by atoms with Gasteiger partial charge in [-0.3, -0.25) is 4.79 Å². The first-order chi connectivity index (χ1) is 12.8. The van der Waals surface area contributed by atoms with Gasteiger partial charge < -0.3 is 5.32 Å². The molecule has 5 nitrogen and oxygen atoms in total. The molecule has 0 saturated carbocycles. The Labute approximate surface area is 151 Å². The maximum Gasteiger partial charge on any atom is 0.416 e. The first-order valence-corrected chi connectivity index (χ1v) is 7.64. The minimum Gasteiger partial charge on any atom is -0.321 e. The van der Waals surface area contributed by atoms with E-state index in [2.05, 4.69) is 15.4 Å². The summed E-state index contributed by atoms with van der Waals surface area (Å²) in [4.78, 5) is 15.9. The van der Waals surface area contributed by atoms with Gasteiger partial charge in [-0.1, -0.05) is 12.1 Å². The van der Waals surface area contributed by atoms with Crippen molar-refractivity contribution in [2.45, 2.75) is 6.18 Å². The monoisotopic (exact) mass is 376 g/mol. The van der Waals surface area contributed by atoms with Crippen molar-refractivity contribution in [1.29, 1.82) is 0 Å². The second-order valence-corrected chi connectivity index (χ2v) is 5.44. The molecule has 2 aromatic carbocycles. The van der Waals surface area contributed by atoms with E-state index in [1.165, 1.54) is 53.7 Å². The molecule has 1 aromatic heterocycles. The fraction of sp³-hybridized carbons (Fsp3) is 0.0556. The molecule has 1 amide bonds. The van der Waals surface area contributed by atoms with Gasteiger partial charge in [-0.15, -0.1) is 0 Å². The summed E-state index contributed by atoms with van der Waals surface area (Å²) in [7, 11) is 0. The topological polar surface area (TPSA) is 59.8 Å². The van der Waals surface area contributed by atoms with Gasteiger partial charge in [-0.25, -0.2) is 14.1 Å². The van der Waals surface area contributed by atoms with Crippen LogP contribution in [0.5, 0.6) is 0 Å². The maximum atomic E-state index is 13.0. The number of hydrogen-bond donors (Lipinski definition) is 1. The van der Waals surface area contributed by atoms with Crippen LogP contribution in [-0.2, 0) is 11.0 Å². The number of alkyl halides is 3. The van der Waals surface area contributed by atoms with Crippen LogP contribution < -0.4 is 5.32 Å². The largest absolute Gasteiger partial charge is 0.416 e. The molecule has 0 unspecified atom stereocenters. The summed E-state index contributed by atoms with van der Waals surface area (Å²) in [5, 5.41) is 6.27. The SMILES string of the molecule is O=C(/C=C/c1ccc(F)cc1)Nc1cc(C(F)(F)F)ccc1-n1cncn1. The van der Waals surface area contributed by atoms with Crippen molar-refractivity contribution in [2.24, 2.45) is 0 Å². The van der Waals surface area contributed by atoms with Crippen LogP contribution in [0.2, 0.25) is 0 Å². The number of hydrogen-bond acceptors (Lipinski definition) is 3. The minimum absolute atomic E-state index is 0.0796. The number of nitrogens with zero attached hydrogens (tertiary/aromatic N) is 3. The molecular weight excluding hydrogens is 364 g/mol. The Bertz CT molecular complexity index is 964. The highest BCUT2D eigenvalue weighted by molar-refractivity contribution is 6.03. The first-order valence-electron chi connectivity index (χ1n) is 7.64. The molecule has 0 radical (unpaired) electrons. The maximum absolute atomic E-state index is 13.0. The Hall–Kier alpha value is -3.49. The van der Waals surface area contributed by atoms with E-state index in [0.29, 0.717) is 5.56 Å². The summed E-state index contributed by atoms with van der Waals surface area (Å²) < 4.78 is 53.1. The lowest BCUT2D eigenvalue weighted by molar-refractivity contribution is -0.137. The van der Waals surface area contributed by atoms with E-state index in [1.54, 1.807) is 0 Å². The summed E-state index contributed by atoms with van der Waals surface area (Å²) in [5.74, 6) is -1.07. The molecule has 0 spiro atoms. The van der Waals surface area contributed by atoms with Crippen molar-refractivity contribution in [3.05, 3.63) is 78.1 Å². The lowest BCUT2D eigenvalue weighted by Crippen LogP contribution is -2.13. The third-order valence-corrected chi connectivity index (χ3v) is 3.54. The number of carbonyl (C=O) groups excluding carboxylic acids is 1.